The number of nitrogens with one attached hydrogen (secondary N) is 4. The van der Waals surface area contributed by atoms with Gasteiger partial charge in [-0.3, -0.25) is 52.7 Å². The van der Waals surface area contributed by atoms with Crippen LogP contribution < -0.4 is 21.3 Å². The topological polar surface area (TPSA) is 296 Å². The van der Waals surface area contributed by atoms with E-state index in [2.05, 4.69) is 21.3 Å². The largest absolute Gasteiger partial charge is 0.390 e. The highest BCUT2D eigenvalue weighted by molar-refractivity contribution is 5.99. The average molecular weight is 1180 g/mol. The minimum Gasteiger partial charge on any atom is -0.390 e. The summed E-state index contributed by atoms with van der Waals surface area (Å²) in [7, 11) is 9.60. The quantitative estimate of drug-likeness (QED) is 0.154. The molecular formula is C59H105N11O13. The first-order valence-corrected chi connectivity index (χ1v) is 29.4. The number of amides is 11. The molecule has 24 heteroatoms. The van der Waals surface area contributed by atoms with Crippen molar-refractivity contribution in [2.24, 2.45) is 41.4 Å². The molecule has 474 valence electrons. The van der Waals surface area contributed by atoms with Gasteiger partial charge in [0.2, 0.25) is 65.0 Å². The third-order valence-corrected chi connectivity index (χ3v) is 15.5. The van der Waals surface area contributed by atoms with Gasteiger partial charge in [-0.2, -0.15) is 0 Å². The zero-order chi connectivity index (χ0) is 64.6. The lowest BCUT2D eigenvalue weighted by Gasteiger charge is -2.41. The van der Waals surface area contributed by atoms with Gasteiger partial charge in [0.25, 0.3) is 0 Å². The Hall–Kier alpha value is -6.20. The van der Waals surface area contributed by atoms with E-state index in [-0.39, 0.29) is 55.8 Å². The van der Waals surface area contributed by atoms with Crippen LogP contribution >= 0.6 is 0 Å². The highest BCUT2D eigenvalue weighted by Crippen LogP contribution is 2.25. The molecule has 0 aromatic carbocycles. The number of hydrogen-bond donors (Lipinski definition) is 5. The summed E-state index contributed by atoms with van der Waals surface area (Å²) < 4.78 is 0. The van der Waals surface area contributed by atoms with Gasteiger partial charge in [-0.15, -0.1) is 0 Å². The number of carbonyl (C=O) groups is 12. The summed E-state index contributed by atoms with van der Waals surface area (Å²) in [5.74, 6) is -11.0. The lowest BCUT2D eigenvalue weighted by molar-refractivity contribution is -0.157. The first-order chi connectivity index (χ1) is 38.2. The van der Waals surface area contributed by atoms with Crippen molar-refractivity contribution < 1.29 is 62.6 Å². The highest BCUT2D eigenvalue weighted by Gasteiger charge is 2.46. The zero-order valence-electron chi connectivity index (χ0n) is 54.2. The van der Waals surface area contributed by atoms with Crippen LogP contribution in [0.25, 0.3) is 0 Å². The van der Waals surface area contributed by atoms with Crippen molar-refractivity contribution in [2.45, 2.75) is 209 Å². The number of aliphatic hydroxyl groups is 1. The maximum atomic E-state index is 15.0. The Bertz CT molecular complexity index is 2280. The summed E-state index contributed by atoms with van der Waals surface area (Å²) in [6.45, 7) is 26.7. The fourth-order valence-electron chi connectivity index (χ4n) is 10.2. The molecule has 0 saturated carbocycles. The Labute approximate surface area is 494 Å². The summed E-state index contributed by atoms with van der Waals surface area (Å²) in [5.41, 5.74) is 0. The van der Waals surface area contributed by atoms with E-state index in [0.29, 0.717) is 6.29 Å². The van der Waals surface area contributed by atoms with E-state index in [0.717, 1.165) is 9.80 Å². The molecule has 1 aliphatic heterocycles. The van der Waals surface area contributed by atoms with E-state index in [9.17, 15) is 62.6 Å². The molecule has 0 aliphatic carbocycles. The molecule has 12 atom stereocenters. The molecule has 83 heavy (non-hydrogen) atoms. The molecule has 1 aliphatic rings. The number of aliphatic hydroxyl groups excluding tert-OH is 1. The van der Waals surface area contributed by atoms with Crippen LogP contribution in [0.4, 0.5) is 0 Å². The number of nitrogens with zero attached hydrogens (tertiary/aromatic N) is 7. The van der Waals surface area contributed by atoms with Crippen LogP contribution in [0, 0.1) is 41.4 Å². The van der Waals surface area contributed by atoms with Crippen LogP contribution in [0.15, 0.2) is 0 Å². The predicted molar refractivity (Wildman–Crippen MR) is 315 cm³/mol. The molecule has 24 nitrogen and oxygen atoms in total. The van der Waals surface area contributed by atoms with Gasteiger partial charge in [-0.05, 0) is 81.5 Å². The van der Waals surface area contributed by atoms with Crippen molar-refractivity contribution >= 4 is 71.3 Å². The second-order valence-electron chi connectivity index (χ2n) is 25.3. The second kappa shape index (κ2) is 33.3. The van der Waals surface area contributed by atoms with E-state index in [1.54, 1.807) is 34.6 Å². The SMILES string of the molecule is CC[C@@H]1NC(=O)[C@H]([C@H](O)[C@H](C)C=O)N(C)C(=O)[C@H](C(C)C)N(C)C(=O)[C@H](CC(C)C)N(C)C(=O)[C@H](CC(C)C)N(C)C(=O)[C@@H](C)NC(=O)[C@H](C)NC(=O)[C@H](CC(C)C)N(C)C(=O)[C@H](C(C)C)NC(=O)[C@H](CC(C)C)N(C)C(=O)CN(C)C1=O. The summed E-state index contributed by atoms with van der Waals surface area (Å²) in [6, 6.07) is -12.8. The summed E-state index contributed by atoms with van der Waals surface area (Å²) in [4.78, 5) is 179. The number of rotatable bonds is 14. The molecule has 0 aromatic rings. The second-order valence-corrected chi connectivity index (χ2v) is 25.3. The minimum atomic E-state index is -1.83. The van der Waals surface area contributed by atoms with Gasteiger partial charge >= 0.3 is 0 Å². The van der Waals surface area contributed by atoms with Crippen LogP contribution in [0.1, 0.15) is 143 Å². The van der Waals surface area contributed by atoms with Gasteiger partial charge in [-0.1, -0.05) is 96.9 Å². The van der Waals surface area contributed by atoms with Crippen molar-refractivity contribution in [3.8, 4) is 0 Å². The Balaban J connectivity index is 4.28. The molecule has 5 N–H and O–H groups in total. The molecule has 0 radical (unpaired) electrons. The van der Waals surface area contributed by atoms with E-state index >= 15 is 0 Å². The van der Waals surface area contributed by atoms with Crippen LogP contribution in [-0.4, -0.2) is 233 Å². The smallest absolute Gasteiger partial charge is 0.246 e. The maximum Gasteiger partial charge on any atom is 0.246 e. The Kier molecular flexibility index (Phi) is 30.0. The first-order valence-electron chi connectivity index (χ1n) is 29.4. The third kappa shape index (κ3) is 20.5. The molecule has 0 aromatic heterocycles. The summed E-state index contributed by atoms with van der Waals surface area (Å²) in [5, 5.41) is 22.5. The first kappa shape index (κ1) is 74.8. The number of hydrogen-bond acceptors (Lipinski definition) is 13. The fourth-order valence-corrected chi connectivity index (χ4v) is 10.2. The molecule has 1 rings (SSSR count). The van der Waals surface area contributed by atoms with E-state index in [1.165, 1.54) is 94.6 Å². The van der Waals surface area contributed by atoms with Gasteiger partial charge in [0.1, 0.15) is 66.7 Å². The van der Waals surface area contributed by atoms with Gasteiger partial charge in [0.15, 0.2) is 0 Å². The van der Waals surface area contributed by atoms with E-state index < -0.39 is 156 Å². The summed E-state index contributed by atoms with van der Waals surface area (Å²) >= 11 is 0. The maximum absolute atomic E-state index is 15.0. The van der Waals surface area contributed by atoms with Crippen molar-refractivity contribution in [3.63, 3.8) is 0 Å². The molecule has 1 saturated heterocycles. The number of likely N-dealkylation sites (N-methyl/N-ethyl adjacent to an activating group) is 7. The van der Waals surface area contributed by atoms with Gasteiger partial charge in [-0.25, -0.2) is 0 Å². The fraction of sp³-hybridized carbons (Fsp3) is 0.797. The lowest BCUT2D eigenvalue weighted by Crippen LogP contribution is -2.63. The average Bonchev–Trinajstić information content (AvgIpc) is 3.51. The van der Waals surface area contributed by atoms with Gasteiger partial charge in [0, 0.05) is 55.3 Å². The van der Waals surface area contributed by atoms with Crippen LogP contribution in [0.5, 0.6) is 0 Å². The normalized spacial score (nSPS) is 27.1. The summed E-state index contributed by atoms with van der Waals surface area (Å²) in [6.07, 6.45) is -0.923. The van der Waals surface area contributed by atoms with Gasteiger partial charge in [0.05, 0.1) is 12.6 Å². The van der Waals surface area contributed by atoms with Crippen LogP contribution in [-0.2, 0) is 57.5 Å². The van der Waals surface area contributed by atoms with Crippen molar-refractivity contribution in [2.75, 3.05) is 55.9 Å². The highest BCUT2D eigenvalue weighted by atomic mass is 16.3. The Morgan fingerprint density at radius 3 is 1.28 bits per heavy atom. The van der Waals surface area contributed by atoms with Crippen molar-refractivity contribution in [1.82, 2.24) is 55.6 Å². The number of carbonyl (C=O) groups excluding carboxylic acids is 12. The Morgan fingerprint density at radius 2 is 0.843 bits per heavy atom. The molecule has 1 fully saturated rings. The van der Waals surface area contributed by atoms with E-state index in [1.807, 2.05) is 55.4 Å². The van der Waals surface area contributed by atoms with Crippen LogP contribution in [0.2, 0.25) is 0 Å². The minimum absolute atomic E-state index is 0.0375. The third-order valence-electron chi connectivity index (χ3n) is 15.5. The van der Waals surface area contributed by atoms with Crippen molar-refractivity contribution in [3.05, 3.63) is 0 Å². The Morgan fingerprint density at radius 1 is 0.446 bits per heavy atom. The lowest BCUT2D eigenvalue weighted by atomic mass is 9.93. The predicted octanol–water partition coefficient (Wildman–Crippen LogP) is 1.50. The molecular weight excluding hydrogens is 1070 g/mol. The molecule has 0 spiro atoms. The molecule has 0 bridgehead atoms. The van der Waals surface area contributed by atoms with E-state index in [4.69, 9.17) is 0 Å². The standard InChI is InChI=1S/C59H105N11O13/c1-24-40-55(79)64(17)29-45(72)65(18)41(25-31(2)3)52(76)63-46(35(10)11)58(82)66(19)42(26-32(4)5)51(75)60-38(15)50(74)61-39(16)54(78)67(20)43(27-33(6)7)56(80)68(21)44(28-34(8)9)57(81)69(22)47(36(12)13)59(83)70(23)48(53(77)62-40)49(73)37(14)30-71/h30-44,46-49,73H,24-29H2,1-23H3,(H,60,75)(H,61,74)(H,62,77)(H,63,76)/t37-,38+,39-,40+,41+,42+,43+,44+,46+,47+,48+,49-/m1/s1. The molecule has 0 unspecified atom stereocenters. The molecule has 1 heterocycles. The number of aldehydes is 1. The zero-order valence-corrected chi connectivity index (χ0v) is 54.2. The molecule has 11 amide bonds. The monoisotopic (exact) mass is 1180 g/mol. The van der Waals surface area contributed by atoms with Crippen LogP contribution in [0.3, 0.4) is 0 Å². The van der Waals surface area contributed by atoms with Crippen molar-refractivity contribution in [1.29, 1.82) is 0 Å². The van der Waals surface area contributed by atoms with Gasteiger partial charge < -0.3 is 65.5 Å².